The summed E-state index contributed by atoms with van der Waals surface area (Å²) in [4.78, 5) is 0. The van der Waals surface area contributed by atoms with Crippen molar-refractivity contribution in [3.8, 4) is 0 Å². The van der Waals surface area contributed by atoms with Crippen LogP contribution in [-0.4, -0.2) is 17.8 Å². The molecular formula is C18H19BrO2. The molecule has 0 fully saturated rings. The smallest absolute Gasteiger partial charge is 0.0852 e. The largest absolute Gasteiger partial charge is 0.393 e. The van der Waals surface area contributed by atoms with Crippen molar-refractivity contribution in [1.82, 2.24) is 0 Å². The Bertz CT molecular complexity index is 594. The number of fused-ring (bicyclic) bond motifs is 1. The molecule has 3 rings (SSSR count). The Labute approximate surface area is 133 Å². The van der Waals surface area contributed by atoms with E-state index in [1.54, 1.807) is 0 Å². The molecule has 0 aromatic heterocycles. The van der Waals surface area contributed by atoms with Crippen LogP contribution in [0.5, 0.6) is 0 Å². The van der Waals surface area contributed by atoms with Crippen molar-refractivity contribution in [2.45, 2.75) is 31.5 Å². The van der Waals surface area contributed by atoms with Crippen LogP contribution in [0.4, 0.5) is 0 Å². The first-order chi connectivity index (χ1) is 10.2. The minimum absolute atomic E-state index is 0.0143. The maximum atomic E-state index is 10.4. The standard InChI is InChI=1S/C18H19BrO2/c19-15-7-5-13(6-8-15)11-16(20)12-18-17-4-2-1-3-14(17)9-10-21-18/h1-8,16,18,20H,9-12H2. The van der Waals surface area contributed by atoms with Gasteiger partial charge in [-0.25, -0.2) is 0 Å². The van der Waals surface area contributed by atoms with E-state index in [0.717, 1.165) is 23.1 Å². The molecule has 110 valence electrons. The Morgan fingerprint density at radius 3 is 2.71 bits per heavy atom. The fraction of sp³-hybridized carbons (Fsp3) is 0.333. The van der Waals surface area contributed by atoms with Crippen molar-refractivity contribution in [3.63, 3.8) is 0 Å². The van der Waals surface area contributed by atoms with Crippen molar-refractivity contribution in [3.05, 3.63) is 69.7 Å². The molecule has 0 amide bonds. The third-order valence-electron chi connectivity index (χ3n) is 3.96. The second kappa shape index (κ2) is 6.73. The number of benzene rings is 2. The third kappa shape index (κ3) is 3.73. The minimum atomic E-state index is -0.387. The second-order valence-corrected chi connectivity index (χ2v) is 6.44. The predicted octanol–water partition coefficient (Wildman–Crippen LogP) is 4.06. The summed E-state index contributed by atoms with van der Waals surface area (Å²) in [5.41, 5.74) is 3.73. The van der Waals surface area contributed by atoms with Gasteiger partial charge in [-0.2, -0.15) is 0 Å². The summed E-state index contributed by atoms with van der Waals surface area (Å²) in [6.45, 7) is 0.743. The zero-order chi connectivity index (χ0) is 14.7. The van der Waals surface area contributed by atoms with E-state index in [-0.39, 0.29) is 12.2 Å². The lowest BCUT2D eigenvalue weighted by molar-refractivity contribution is 0.00456. The maximum absolute atomic E-state index is 10.4. The number of aliphatic hydroxyl groups excluding tert-OH is 1. The predicted molar refractivity (Wildman–Crippen MR) is 87.3 cm³/mol. The Hall–Kier alpha value is -1.16. The van der Waals surface area contributed by atoms with Crippen LogP contribution in [0.25, 0.3) is 0 Å². The maximum Gasteiger partial charge on any atom is 0.0852 e. The van der Waals surface area contributed by atoms with Gasteiger partial charge >= 0.3 is 0 Å². The SMILES string of the molecule is OC(Cc1ccc(Br)cc1)CC1OCCc2ccccc21. The summed E-state index contributed by atoms with van der Waals surface area (Å²) in [5, 5.41) is 10.4. The highest BCUT2D eigenvalue weighted by Crippen LogP contribution is 2.31. The molecule has 2 aromatic rings. The first kappa shape index (κ1) is 14.8. The monoisotopic (exact) mass is 346 g/mol. The van der Waals surface area contributed by atoms with E-state index in [9.17, 15) is 5.11 Å². The number of aliphatic hydroxyl groups is 1. The highest BCUT2D eigenvalue weighted by Gasteiger charge is 2.23. The van der Waals surface area contributed by atoms with Gasteiger partial charge in [0.15, 0.2) is 0 Å². The van der Waals surface area contributed by atoms with Crippen LogP contribution in [0.2, 0.25) is 0 Å². The Morgan fingerprint density at radius 2 is 1.90 bits per heavy atom. The van der Waals surface area contributed by atoms with Gasteiger partial charge in [0.25, 0.3) is 0 Å². The van der Waals surface area contributed by atoms with Crippen molar-refractivity contribution in [1.29, 1.82) is 0 Å². The first-order valence-electron chi connectivity index (χ1n) is 7.34. The minimum Gasteiger partial charge on any atom is -0.393 e. The summed E-state index contributed by atoms with van der Waals surface area (Å²) in [7, 11) is 0. The average molecular weight is 347 g/mol. The van der Waals surface area contributed by atoms with E-state index in [2.05, 4.69) is 34.1 Å². The van der Waals surface area contributed by atoms with E-state index in [4.69, 9.17) is 4.74 Å². The fourth-order valence-electron chi connectivity index (χ4n) is 2.89. The second-order valence-electron chi connectivity index (χ2n) is 5.53. The van der Waals surface area contributed by atoms with Gasteiger partial charge in [0, 0.05) is 10.9 Å². The van der Waals surface area contributed by atoms with Crippen molar-refractivity contribution < 1.29 is 9.84 Å². The van der Waals surface area contributed by atoms with Crippen LogP contribution in [0, 0.1) is 0 Å². The molecular weight excluding hydrogens is 328 g/mol. The number of ether oxygens (including phenoxy) is 1. The average Bonchev–Trinajstić information content (AvgIpc) is 2.50. The zero-order valence-electron chi connectivity index (χ0n) is 11.8. The van der Waals surface area contributed by atoms with Gasteiger partial charge < -0.3 is 9.84 Å². The number of rotatable bonds is 4. The fourth-order valence-corrected chi connectivity index (χ4v) is 3.16. The van der Waals surface area contributed by atoms with Crippen LogP contribution in [0.3, 0.4) is 0 Å². The van der Waals surface area contributed by atoms with Crippen molar-refractivity contribution in [2.24, 2.45) is 0 Å². The topological polar surface area (TPSA) is 29.5 Å². The summed E-state index contributed by atoms with van der Waals surface area (Å²) >= 11 is 3.43. The van der Waals surface area contributed by atoms with E-state index >= 15 is 0 Å². The molecule has 21 heavy (non-hydrogen) atoms. The van der Waals surface area contributed by atoms with E-state index in [1.807, 2.05) is 30.3 Å². The molecule has 1 heterocycles. The highest BCUT2D eigenvalue weighted by atomic mass is 79.9. The molecule has 2 atom stereocenters. The molecule has 1 N–H and O–H groups in total. The quantitative estimate of drug-likeness (QED) is 0.904. The normalized spacial score (nSPS) is 19.0. The molecule has 0 bridgehead atoms. The van der Waals surface area contributed by atoms with Crippen LogP contribution >= 0.6 is 15.9 Å². The van der Waals surface area contributed by atoms with Gasteiger partial charge in [0.1, 0.15) is 0 Å². The van der Waals surface area contributed by atoms with Gasteiger partial charge in [-0.15, -0.1) is 0 Å². The first-order valence-corrected chi connectivity index (χ1v) is 8.13. The van der Waals surface area contributed by atoms with Gasteiger partial charge in [-0.05, 0) is 41.7 Å². The Balaban J connectivity index is 1.65. The molecule has 0 radical (unpaired) electrons. The summed E-state index contributed by atoms with van der Waals surface area (Å²) in [6, 6.07) is 16.5. The summed E-state index contributed by atoms with van der Waals surface area (Å²) < 4.78 is 6.92. The van der Waals surface area contributed by atoms with Gasteiger partial charge in [0.05, 0.1) is 18.8 Å². The molecule has 0 saturated carbocycles. The molecule has 3 heteroatoms. The Kier molecular flexibility index (Phi) is 4.73. The molecule has 1 aliphatic rings. The summed E-state index contributed by atoms with van der Waals surface area (Å²) in [5.74, 6) is 0. The van der Waals surface area contributed by atoms with Crippen LogP contribution in [-0.2, 0) is 17.6 Å². The van der Waals surface area contributed by atoms with Crippen LogP contribution in [0.15, 0.2) is 53.0 Å². The van der Waals surface area contributed by atoms with Gasteiger partial charge in [-0.3, -0.25) is 0 Å². The number of halogens is 1. The zero-order valence-corrected chi connectivity index (χ0v) is 13.4. The number of hydrogen-bond acceptors (Lipinski definition) is 2. The van der Waals surface area contributed by atoms with E-state index < -0.39 is 0 Å². The molecule has 0 aliphatic carbocycles. The molecule has 2 nitrogen and oxygen atoms in total. The van der Waals surface area contributed by atoms with Crippen molar-refractivity contribution >= 4 is 15.9 Å². The molecule has 0 saturated heterocycles. The summed E-state index contributed by atoms with van der Waals surface area (Å²) in [6.07, 6.45) is 1.90. The third-order valence-corrected chi connectivity index (χ3v) is 4.49. The highest BCUT2D eigenvalue weighted by molar-refractivity contribution is 9.10. The lowest BCUT2D eigenvalue weighted by atomic mass is 9.93. The van der Waals surface area contributed by atoms with Gasteiger partial charge in [0.2, 0.25) is 0 Å². The molecule has 0 spiro atoms. The molecule has 1 aliphatic heterocycles. The van der Waals surface area contributed by atoms with Crippen LogP contribution < -0.4 is 0 Å². The van der Waals surface area contributed by atoms with Crippen LogP contribution in [0.1, 0.15) is 29.2 Å². The van der Waals surface area contributed by atoms with E-state index in [1.165, 1.54) is 11.1 Å². The van der Waals surface area contributed by atoms with E-state index in [0.29, 0.717) is 12.8 Å². The van der Waals surface area contributed by atoms with Crippen molar-refractivity contribution in [2.75, 3.05) is 6.61 Å². The Morgan fingerprint density at radius 1 is 1.14 bits per heavy atom. The molecule has 2 aromatic carbocycles. The lowest BCUT2D eigenvalue weighted by Crippen LogP contribution is -2.22. The molecule has 2 unspecified atom stereocenters. The lowest BCUT2D eigenvalue weighted by Gasteiger charge is -2.27. The van der Waals surface area contributed by atoms with Gasteiger partial charge in [-0.1, -0.05) is 52.3 Å². The number of hydrogen-bond donors (Lipinski definition) is 1.